The van der Waals surface area contributed by atoms with Crippen molar-refractivity contribution >= 4 is 11.9 Å². The molecule has 2 N–H and O–H groups in total. The Morgan fingerprint density at radius 3 is 2.94 bits per heavy atom. The molecule has 0 saturated heterocycles. The molecule has 2 amide bonds. The number of anilines is 1. The predicted molar refractivity (Wildman–Crippen MR) is 69.3 cm³/mol. The van der Waals surface area contributed by atoms with Gasteiger partial charge in [0.05, 0.1) is 6.26 Å². The van der Waals surface area contributed by atoms with Crippen LogP contribution in [-0.4, -0.2) is 12.1 Å². The van der Waals surface area contributed by atoms with Crippen LogP contribution in [0.3, 0.4) is 0 Å². The van der Waals surface area contributed by atoms with Gasteiger partial charge in [-0.2, -0.15) is 0 Å². The fourth-order valence-electron chi connectivity index (χ4n) is 3.72. The minimum absolute atomic E-state index is 0.166. The number of carbonyl (C=O) groups excluding carboxylic acids is 1. The van der Waals surface area contributed by atoms with E-state index in [1.807, 2.05) is 0 Å². The van der Waals surface area contributed by atoms with Gasteiger partial charge in [-0.15, -0.1) is 0 Å². The molecule has 4 heteroatoms. The highest BCUT2D eigenvalue weighted by Crippen LogP contribution is 2.49. The van der Waals surface area contributed by atoms with Gasteiger partial charge in [0.1, 0.15) is 0 Å². The Morgan fingerprint density at radius 1 is 1.44 bits per heavy atom. The average molecular weight is 248 g/mol. The van der Waals surface area contributed by atoms with Gasteiger partial charge in [-0.1, -0.05) is 6.42 Å². The summed E-state index contributed by atoms with van der Waals surface area (Å²) in [6.45, 7) is 2.12. The lowest BCUT2D eigenvalue weighted by atomic mass is 9.84. The Bertz CT molecular complexity index is 415. The number of fused-ring (bicyclic) bond motifs is 2. The van der Waals surface area contributed by atoms with Gasteiger partial charge in [-0.25, -0.2) is 4.79 Å². The maximum atomic E-state index is 11.8. The van der Waals surface area contributed by atoms with Crippen LogP contribution in [0.2, 0.25) is 0 Å². The molecule has 18 heavy (non-hydrogen) atoms. The normalized spacial score (nSPS) is 31.3. The summed E-state index contributed by atoms with van der Waals surface area (Å²) in [5.74, 6) is 2.89. The van der Waals surface area contributed by atoms with Gasteiger partial charge < -0.3 is 9.73 Å². The maximum Gasteiger partial charge on any atom is 0.321 e. The van der Waals surface area contributed by atoms with Crippen LogP contribution in [0, 0.1) is 17.8 Å². The minimum Gasteiger partial charge on any atom is -0.449 e. The van der Waals surface area contributed by atoms with E-state index in [0.29, 0.717) is 11.8 Å². The molecule has 4 unspecified atom stereocenters. The lowest BCUT2D eigenvalue weighted by Gasteiger charge is -2.28. The molecule has 4 nitrogen and oxygen atoms in total. The smallest absolute Gasteiger partial charge is 0.321 e. The molecule has 2 saturated carbocycles. The van der Waals surface area contributed by atoms with Gasteiger partial charge in [0.15, 0.2) is 0 Å². The molecular weight excluding hydrogens is 228 g/mol. The van der Waals surface area contributed by atoms with E-state index in [1.165, 1.54) is 25.7 Å². The van der Waals surface area contributed by atoms with Crippen LogP contribution in [0.25, 0.3) is 0 Å². The molecule has 0 spiro atoms. The number of hydrogen-bond donors (Lipinski definition) is 2. The minimum atomic E-state index is -0.166. The van der Waals surface area contributed by atoms with Gasteiger partial charge in [0.2, 0.25) is 5.88 Å². The zero-order valence-corrected chi connectivity index (χ0v) is 10.7. The summed E-state index contributed by atoms with van der Waals surface area (Å²) >= 11 is 0. The lowest BCUT2D eigenvalue weighted by molar-refractivity contribution is 0.229. The quantitative estimate of drug-likeness (QED) is 0.862. The molecule has 98 valence electrons. The van der Waals surface area contributed by atoms with E-state index in [4.69, 9.17) is 4.42 Å². The van der Waals surface area contributed by atoms with Crippen LogP contribution in [0.1, 0.15) is 32.6 Å². The predicted octanol–water partition coefficient (Wildman–Crippen LogP) is 3.23. The Hall–Kier alpha value is -1.45. The first-order chi connectivity index (χ1) is 8.72. The van der Waals surface area contributed by atoms with Crippen LogP contribution < -0.4 is 10.6 Å². The van der Waals surface area contributed by atoms with Gasteiger partial charge >= 0.3 is 6.03 Å². The fraction of sp³-hybridized carbons (Fsp3) is 0.643. The molecule has 2 aliphatic carbocycles. The average Bonchev–Trinajstić information content (AvgIpc) is 3.04. The van der Waals surface area contributed by atoms with Crippen molar-refractivity contribution in [2.24, 2.45) is 17.8 Å². The monoisotopic (exact) mass is 248 g/mol. The number of amides is 2. The van der Waals surface area contributed by atoms with Crippen molar-refractivity contribution in [1.29, 1.82) is 0 Å². The molecule has 0 aliphatic heterocycles. The molecule has 0 aromatic carbocycles. The Labute approximate surface area is 107 Å². The molecular formula is C14H20N2O2. The highest BCUT2D eigenvalue weighted by molar-refractivity contribution is 5.87. The van der Waals surface area contributed by atoms with E-state index < -0.39 is 0 Å². The van der Waals surface area contributed by atoms with E-state index in [1.54, 1.807) is 18.4 Å². The highest BCUT2D eigenvalue weighted by atomic mass is 16.3. The van der Waals surface area contributed by atoms with Crippen molar-refractivity contribution in [3.05, 3.63) is 18.4 Å². The number of carbonyl (C=O) groups is 1. The number of furan rings is 1. The molecule has 2 aliphatic rings. The summed E-state index contributed by atoms with van der Waals surface area (Å²) in [5.41, 5.74) is 0. The summed E-state index contributed by atoms with van der Waals surface area (Å²) in [4.78, 5) is 11.8. The third-order valence-electron chi connectivity index (χ3n) is 4.55. The largest absolute Gasteiger partial charge is 0.449 e. The van der Waals surface area contributed by atoms with Crippen molar-refractivity contribution in [2.45, 2.75) is 38.6 Å². The third-order valence-corrected chi connectivity index (χ3v) is 4.55. The van der Waals surface area contributed by atoms with E-state index >= 15 is 0 Å². The number of rotatable bonds is 3. The second-order valence-electron chi connectivity index (χ2n) is 5.70. The van der Waals surface area contributed by atoms with Crippen LogP contribution in [-0.2, 0) is 0 Å². The van der Waals surface area contributed by atoms with Crippen molar-refractivity contribution in [1.82, 2.24) is 5.32 Å². The molecule has 1 aromatic heterocycles. The van der Waals surface area contributed by atoms with Crippen molar-refractivity contribution in [3.8, 4) is 0 Å². The topological polar surface area (TPSA) is 54.3 Å². The first-order valence-electron chi connectivity index (χ1n) is 6.83. The second-order valence-corrected chi connectivity index (χ2v) is 5.70. The molecule has 3 rings (SSSR count). The fourth-order valence-corrected chi connectivity index (χ4v) is 3.72. The first kappa shape index (κ1) is 11.6. The summed E-state index contributed by atoms with van der Waals surface area (Å²) in [6, 6.07) is 3.58. The SMILES string of the molecule is CC(NC(=O)Nc1ccco1)C1CC2CCC1C2. The van der Waals surface area contributed by atoms with Crippen LogP contribution in [0.15, 0.2) is 22.8 Å². The van der Waals surface area contributed by atoms with E-state index in [2.05, 4.69) is 17.6 Å². The van der Waals surface area contributed by atoms with Crippen molar-refractivity contribution < 1.29 is 9.21 Å². The van der Waals surface area contributed by atoms with Crippen LogP contribution in [0.4, 0.5) is 10.7 Å². The molecule has 2 bridgehead atoms. The summed E-state index contributed by atoms with van der Waals surface area (Å²) in [6.07, 6.45) is 6.95. The van der Waals surface area contributed by atoms with E-state index in [9.17, 15) is 4.79 Å². The third kappa shape index (κ3) is 2.24. The second kappa shape index (κ2) is 4.67. The lowest BCUT2D eigenvalue weighted by Crippen LogP contribution is -2.42. The van der Waals surface area contributed by atoms with Crippen molar-refractivity contribution in [2.75, 3.05) is 5.32 Å². The Balaban J connectivity index is 1.51. The Kier molecular flexibility index (Phi) is 3.02. The number of urea groups is 1. The molecule has 2 fully saturated rings. The first-order valence-corrected chi connectivity index (χ1v) is 6.83. The van der Waals surface area contributed by atoms with Gasteiger partial charge in [0, 0.05) is 12.1 Å². The molecule has 1 heterocycles. The zero-order chi connectivity index (χ0) is 12.5. The summed E-state index contributed by atoms with van der Waals surface area (Å²) in [5, 5.41) is 5.74. The molecule has 4 atom stereocenters. The molecule has 1 aromatic rings. The van der Waals surface area contributed by atoms with Crippen molar-refractivity contribution in [3.63, 3.8) is 0 Å². The number of hydrogen-bond acceptors (Lipinski definition) is 2. The zero-order valence-electron chi connectivity index (χ0n) is 10.7. The Morgan fingerprint density at radius 2 is 2.33 bits per heavy atom. The maximum absolute atomic E-state index is 11.8. The van der Waals surface area contributed by atoms with Gasteiger partial charge in [-0.05, 0) is 50.0 Å². The summed E-state index contributed by atoms with van der Waals surface area (Å²) < 4.78 is 5.09. The molecule has 0 radical (unpaired) electrons. The standard InChI is InChI=1S/C14H20N2O2/c1-9(12-8-10-4-5-11(12)7-10)15-14(17)16-13-3-2-6-18-13/h2-3,6,9-12H,4-5,7-8H2,1H3,(H2,15,16,17). The van der Waals surface area contributed by atoms with Gasteiger partial charge in [0.25, 0.3) is 0 Å². The van der Waals surface area contributed by atoms with E-state index in [-0.39, 0.29) is 12.1 Å². The van der Waals surface area contributed by atoms with Crippen LogP contribution >= 0.6 is 0 Å². The van der Waals surface area contributed by atoms with Gasteiger partial charge in [-0.3, -0.25) is 5.32 Å². The summed E-state index contributed by atoms with van der Waals surface area (Å²) in [7, 11) is 0. The number of nitrogens with one attached hydrogen (secondary N) is 2. The van der Waals surface area contributed by atoms with Crippen LogP contribution in [0.5, 0.6) is 0 Å². The van der Waals surface area contributed by atoms with E-state index in [0.717, 1.165) is 11.8 Å². The highest BCUT2D eigenvalue weighted by Gasteiger charge is 2.42.